The number of hydrogen-bond donors (Lipinski definition) is 1. The molecule has 25 heavy (non-hydrogen) atoms. The Morgan fingerprint density at radius 1 is 1.04 bits per heavy atom. The summed E-state index contributed by atoms with van der Waals surface area (Å²) in [5.74, 6) is 2.19. The molecule has 2 atom stereocenters. The Balaban J connectivity index is 1.92. The summed E-state index contributed by atoms with van der Waals surface area (Å²) in [6, 6.07) is 15.7. The van der Waals surface area contributed by atoms with Gasteiger partial charge in [-0.1, -0.05) is 36.4 Å². The molecule has 0 heterocycles. The van der Waals surface area contributed by atoms with Crippen molar-refractivity contribution in [1.29, 1.82) is 0 Å². The lowest BCUT2D eigenvalue weighted by atomic mass is 10.1. The van der Waals surface area contributed by atoms with Gasteiger partial charge in [0.15, 0.2) is 11.5 Å². The third-order valence-corrected chi connectivity index (χ3v) is 5.19. The first-order chi connectivity index (χ1) is 12.0. The second-order valence-electron chi connectivity index (χ2n) is 5.78. The highest BCUT2D eigenvalue weighted by atomic mass is 32.2. The highest BCUT2D eigenvalue weighted by Crippen LogP contribution is 2.30. The van der Waals surface area contributed by atoms with Crippen molar-refractivity contribution >= 4 is 17.7 Å². The molecule has 0 spiro atoms. The molecule has 2 aromatic rings. The smallest absolute Gasteiger partial charge is 0.233 e. The standard InChI is InChI=1S/C20H25NO3S/c1-14(17-10-11-18(23-3)19(12-17)24-4)21-20(22)15(2)25-13-16-8-6-5-7-9-16/h5-12,14-15H,13H2,1-4H3,(H,21,22). The quantitative estimate of drug-likeness (QED) is 0.767. The van der Waals surface area contributed by atoms with Crippen LogP contribution < -0.4 is 14.8 Å². The molecule has 0 bridgehead atoms. The van der Waals surface area contributed by atoms with Gasteiger partial charge in [0.25, 0.3) is 0 Å². The summed E-state index contributed by atoms with van der Waals surface area (Å²) in [7, 11) is 3.21. The van der Waals surface area contributed by atoms with Crippen LogP contribution in [0.2, 0.25) is 0 Å². The van der Waals surface area contributed by atoms with Gasteiger partial charge in [-0.05, 0) is 37.1 Å². The predicted octanol–water partition coefficient (Wildman–Crippen LogP) is 4.20. The Labute approximate surface area is 153 Å². The van der Waals surface area contributed by atoms with E-state index >= 15 is 0 Å². The van der Waals surface area contributed by atoms with Crippen LogP contribution in [0.3, 0.4) is 0 Å². The van der Waals surface area contributed by atoms with E-state index in [2.05, 4.69) is 17.4 Å². The fourth-order valence-electron chi connectivity index (χ4n) is 2.41. The minimum absolute atomic E-state index is 0.0308. The topological polar surface area (TPSA) is 47.6 Å². The minimum atomic E-state index is -0.122. The number of hydrogen-bond acceptors (Lipinski definition) is 4. The highest BCUT2D eigenvalue weighted by Gasteiger charge is 2.17. The van der Waals surface area contributed by atoms with Gasteiger partial charge in [-0.25, -0.2) is 0 Å². The number of rotatable bonds is 8. The fraction of sp³-hybridized carbons (Fsp3) is 0.350. The third-order valence-electron chi connectivity index (χ3n) is 3.98. The van der Waals surface area contributed by atoms with Crippen molar-refractivity contribution in [2.45, 2.75) is 30.9 Å². The molecule has 5 heteroatoms. The van der Waals surface area contributed by atoms with Gasteiger partial charge in [-0.3, -0.25) is 4.79 Å². The lowest BCUT2D eigenvalue weighted by Gasteiger charge is -2.19. The number of amides is 1. The Bertz CT molecular complexity index is 691. The Morgan fingerprint density at radius 2 is 1.72 bits per heavy atom. The second-order valence-corrected chi connectivity index (χ2v) is 7.11. The van der Waals surface area contributed by atoms with Crippen LogP contribution >= 0.6 is 11.8 Å². The van der Waals surface area contributed by atoms with Crippen molar-refractivity contribution in [3.05, 3.63) is 59.7 Å². The molecule has 134 valence electrons. The maximum atomic E-state index is 12.4. The van der Waals surface area contributed by atoms with Gasteiger partial charge >= 0.3 is 0 Å². The third kappa shape index (κ3) is 5.43. The molecule has 1 N–H and O–H groups in total. The van der Waals surface area contributed by atoms with Crippen molar-refractivity contribution in [3.8, 4) is 11.5 Å². The van der Waals surface area contributed by atoms with Crippen molar-refractivity contribution in [2.24, 2.45) is 0 Å². The average molecular weight is 359 g/mol. The van der Waals surface area contributed by atoms with Gasteiger partial charge in [0, 0.05) is 5.75 Å². The number of thioether (sulfide) groups is 1. The lowest BCUT2D eigenvalue weighted by Crippen LogP contribution is -2.33. The SMILES string of the molecule is COc1ccc(C(C)NC(=O)C(C)SCc2ccccc2)cc1OC. The number of benzene rings is 2. The summed E-state index contributed by atoms with van der Waals surface area (Å²) in [5, 5.41) is 2.94. The van der Waals surface area contributed by atoms with Crippen molar-refractivity contribution in [1.82, 2.24) is 5.32 Å². The van der Waals surface area contributed by atoms with E-state index < -0.39 is 0 Å². The summed E-state index contributed by atoms with van der Waals surface area (Å²) < 4.78 is 10.6. The summed E-state index contributed by atoms with van der Waals surface area (Å²) >= 11 is 1.63. The first kappa shape index (κ1) is 19.2. The van der Waals surface area contributed by atoms with Crippen LogP contribution in [0.5, 0.6) is 11.5 Å². The highest BCUT2D eigenvalue weighted by molar-refractivity contribution is 7.99. The zero-order valence-corrected chi connectivity index (χ0v) is 15.9. The molecule has 0 radical (unpaired) electrons. The van der Waals surface area contributed by atoms with Crippen molar-refractivity contribution in [3.63, 3.8) is 0 Å². The molecular formula is C20H25NO3S. The number of ether oxygens (including phenoxy) is 2. The van der Waals surface area contributed by atoms with Gasteiger partial charge in [0.05, 0.1) is 25.5 Å². The van der Waals surface area contributed by atoms with Crippen LogP contribution in [0.4, 0.5) is 0 Å². The molecule has 0 aliphatic heterocycles. The molecule has 0 aliphatic rings. The lowest BCUT2D eigenvalue weighted by molar-refractivity contribution is -0.120. The number of methoxy groups -OCH3 is 2. The monoisotopic (exact) mass is 359 g/mol. The molecule has 2 aromatic carbocycles. The summed E-state index contributed by atoms with van der Waals surface area (Å²) in [5.41, 5.74) is 2.20. The van der Waals surface area contributed by atoms with E-state index in [4.69, 9.17) is 9.47 Å². The largest absolute Gasteiger partial charge is 0.493 e. The Kier molecular flexibility index (Phi) is 7.19. The van der Waals surface area contributed by atoms with E-state index in [0.29, 0.717) is 11.5 Å². The summed E-state index contributed by atoms with van der Waals surface area (Å²) in [6.07, 6.45) is 0. The molecule has 2 rings (SSSR count). The normalized spacial score (nSPS) is 13.0. The second kappa shape index (κ2) is 9.37. The van der Waals surface area contributed by atoms with E-state index in [-0.39, 0.29) is 17.2 Å². The Morgan fingerprint density at radius 3 is 2.36 bits per heavy atom. The van der Waals surface area contributed by atoms with Crippen LogP contribution in [-0.2, 0) is 10.5 Å². The predicted molar refractivity (Wildman–Crippen MR) is 103 cm³/mol. The van der Waals surface area contributed by atoms with Gasteiger partial charge in [-0.2, -0.15) is 0 Å². The van der Waals surface area contributed by atoms with E-state index in [1.165, 1.54) is 5.56 Å². The van der Waals surface area contributed by atoms with Crippen molar-refractivity contribution < 1.29 is 14.3 Å². The zero-order chi connectivity index (χ0) is 18.2. The number of carbonyl (C=O) groups is 1. The maximum Gasteiger partial charge on any atom is 0.233 e. The zero-order valence-electron chi connectivity index (χ0n) is 15.1. The van der Waals surface area contributed by atoms with Crippen LogP contribution in [0.15, 0.2) is 48.5 Å². The molecule has 0 fully saturated rings. The molecule has 0 saturated carbocycles. The summed E-state index contributed by atoms with van der Waals surface area (Å²) in [4.78, 5) is 12.4. The molecular weight excluding hydrogens is 334 g/mol. The molecule has 0 aromatic heterocycles. The average Bonchev–Trinajstić information content (AvgIpc) is 2.66. The van der Waals surface area contributed by atoms with Gasteiger partial charge < -0.3 is 14.8 Å². The van der Waals surface area contributed by atoms with E-state index in [1.807, 2.05) is 50.2 Å². The van der Waals surface area contributed by atoms with Crippen molar-refractivity contribution in [2.75, 3.05) is 14.2 Å². The molecule has 2 unspecified atom stereocenters. The number of carbonyl (C=O) groups excluding carboxylic acids is 1. The van der Waals surface area contributed by atoms with Crippen LogP contribution in [-0.4, -0.2) is 25.4 Å². The van der Waals surface area contributed by atoms with Crippen LogP contribution in [0.1, 0.15) is 31.0 Å². The van der Waals surface area contributed by atoms with E-state index in [1.54, 1.807) is 26.0 Å². The van der Waals surface area contributed by atoms with Crippen LogP contribution in [0, 0.1) is 0 Å². The first-order valence-corrected chi connectivity index (χ1v) is 9.27. The van der Waals surface area contributed by atoms with Gasteiger partial charge in [-0.15, -0.1) is 11.8 Å². The van der Waals surface area contributed by atoms with E-state index in [0.717, 1.165) is 11.3 Å². The molecule has 1 amide bonds. The molecule has 0 aliphatic carbocycles. The van der Waals surface area contributed by atoms with Crippen LogP contribution in [0.25, 0.3) is 0 Å². The summed E-state index contributed by atoms with van der Waals surface area (Å²) in [6.45, 7) is 3.90. The molecule has 0 saturated heterocycles. The molecule has 4 nitrogen and oxygen atoms in total. The van der Waals surface area contributed by atoms with Gasteiger partial charge in [0.2, 0.25) is 5.91 Å². The fourth-order valence-corrected chi connectivity index (χ4v) is 3.26. The Hall–Kier alpha value is -2.14. The van der Waals surface area contributed by atoms with Gasteiger partial charge in [0.1, 0.15) is 0 Å². The minimum Gasteiger partial charge on any atom is -0.493 e. The number of nitrogens with one attached hydrogen (secondary N) is 1. The maximum absolute atomic E-state index is 12.4. The van der Waals surface area contributed by atoms with E-state index in [9.17, 15) is 4.79 Å². The first-order valence-electron chi connectivity index (χ1n) is 8.23.